The third kappa shape index (κ3) is 6.22. The number of aliphatic carboxylic acids is 1. The van der Waals surface area contributed by atoms with Crippen molar-refractivity contribution >= 4 is 29.3 Å². The number of nitrogens with one attached hydrogen (secondary N) is 1. The minimum atomic E-state index is -1.03. The number of aromatic nitrogens is 1. The van der Waals surface area contributed by atoms with Crippen LogP contribution in [-0.4, -0.2) is 90.3 Å². The van der Waals surface area contributed by atoms with Crippen molar-refractivity contribution in [3.8, 4) is 0 Å². The Morgan fingerprint density at radius 2 is 1.83 bits per heavy atom. The molecule has 11 nitrogen and oxygen atoms in total. The highest BCUT2D eigenvalue weighted by Crippen LogP contribution is 2.26. The van der Waals surface area contributed by atoms with Crippen molar-refractivity contribution in [1.82, 2.24) is 20.1 Å². The number of pyridine rings is 1. The molecule has 36 heavy (non-hydrogen) atoms. The zero-order chi connectivity index (χ0) is 25.5. The summed E-state index contributed by atoms with van der Waals surface area (Å²) in [7, 11) is 0. The van der Waals surface area contributed by atoms with E-state index in [2.05, 4.69) is 15.2 Å². The Kier molecular flexibility index (Phi) is 8.21. The van der Waals surface area contributed by atoms with Crippen LogP contribution in [-0.2, 0) is 9.53 Å². The molecule has 2 aliphatic heterocycles. The van der Waals surface area contributed by atoms with Gasteiger partial charge in [-0.25, -0.2) is 4.79 Å². The number of hydrogen-bond donors (Lipinski definition) is 3. The van der Waals surface area contributed by atoms with Crippen molar-refractivity contribution in [2.75, 3.05) is 63.1 Å². The Morgan fingerprint density at radius 1 is 1.06 bits per heavy atom. The second-order valence-corrected chi connectivity index (χ2v) is 8.89. The lowest BCUT2D eigenvalue weighted by molar-refractivity contribution is -0.137. The minimum Gasteiger partial charge on any atom is -0.481 e. The summed E-state index contributed by atoms with van der Waals surface area (Å²) in [6.45, 7) is 5.00. The maximum Gasteiger partial charge on any atom is 0.320 e. The van der Waals surface area contributed by atoms with Gasteiger partial charge < -0.3 is 35.6 Å². The van der Waals surface area contributed by atoms with E-state index in [1.165, 1.54) is 6.20 Å². The number of carbonyl (C=O) groups excluding carboxylic acids is 2. The SMILES string of the molecule is Nc1cc(C(=O)NC(CC(=O)O)c2cccnc2)ccc1N1CCCN(C(=O)N2CCOCC2)CC1. The van der Waals surface area contributed by atoms with Gasteiger partial charge in [-0.15, -0.1) is 0 Å². The highest BCUT2D eigenvalue weighted by Gasteiger charge is 2.26. The topological polar surface area (TPSA) is 141 Å². The van der Waals surface area contributed by atoms with Gasteiger partial charge >= 0.3 is 12.0 Å². The molecule has 4 rings (SSSR count). The zero-order valence-electron chi connectivity index (χ0n) is 20.1. The molecule has 1 unspecified atom stereocenters. The number of morpholine rings is 1. The average Bonchev–Trinajstić information content (AvgIpc) is 3.15. The van der Waals surface area contributed by atoms with Crippen molar-refractivity contribution in [3.63, 3.8) is 0 Å². The minimum absolute atomic E-state index is 0.0460. The van der Waals surface area contributed by atoms with E-state index in [1.807, 2.05) is 9.80 Å². The van der Waals surface area contributed by atoms with Gasteiger partial charge in [-0.05, 0) is 36.2 Å². The number of nitrogen functional groups attached to an aromatic ring is 1. The molecule has 2 fully saturated rings. The summed E-state index contributed by atoms with van der Waals surface area (Å²) in [5.74, 6) is -1.44. The quantitative estimate of drug-likeness (QED) is 0.512. The van der Waals surface area contributed by atoms with E-state index < -0.39 is 17.9 Å². The molecule has 2 aromatic rings. The average molecular weight is 497 g/mol. The summed E-state index contributed by atoms with van der Waals surface area (Å²) in [5.41, 5.74) is 8.56. The van der Waals surface area contributed by atoms with Crippen LogP contribution < -0.4 is 16.0 Å². The molecule has 1 aromatic heterocycles. The summed E-state index contributed by atoms with van der Waals surface area (Å²) in [6, 6.07) is 7.84. The summed E-state index contributed by atoms with van der Waals surface area (Å²) < 4.78 is 5.34. The van der Waals surface area contributed by atoms with Gasteiger partial charge in [-0.2, -0.15) is 0 Å². The molecule has 2 saturated heterocycles. The van der Waals surface area contributed by atoms with E-state index >= 15 is 0 Å². The number of amides is 3. The number of ether oxygens (including phenoxy) is 1. The number of carboxylic acids is 1. The van der Waals surface area contributed by atoms with E-state index in [4.69, 9.17) is 10.5 Å². The first-order valence-corrected chi connectivity index (χ1v) is 12.1. The second-order valence-electron chi connectivity index (χ2n) is 8.89. The third-order valence-corrected chi connectivity index (χ3v) is 6.45. The smallest absolute Gasteiger partial charge is 0.320 e. The van der Waals surface area contributed by atoms with Crippen LogP contribution in [0.25, 0.3) is 0 Å². The Hall–Kier alpha value is -3.86. The van der Waals surface area contributed by atoms with E-state index in [0.29, 0.717) is 62.8 Å². The van der Waals surface area contributed by atoms with Gasteiger partial charge in [0.1, 0.15) is 0 Å². The molecule has 192 valence electrons. The first-order valence-electron chi connectivity index (χ1n) is 12.1. The molecule has 1 aromatic carbocycles. The van der Waals surface area contributed by atoms with Gasteiger partial charge in [0, 0.05) is 57.2 Å². The lowest BCUT2D eigenvalue weighted by Crippen LogP contribution is -2.49. The van der Waals surface area contributed by atoms with Gasteiger partial charge in [0.15, 0.2) is 0 Å². The fourth-order valence-corrected chi connectivity index (χ4v) is 4.54. The maximum atomic E-state index is 12.9. The van der Waals surface area contributed by atoms with Crippen molar-refractivity contribution in [2.45, 2.75) is 18.9 Å². The molecule has 3 amide bonds. The highest BCUT2D eigenvalue weighted by molar-refractivity contribution is 5.96. The molecule has 11 heteroatoms. The molecular formula is C25H32N6O5. The van der Waals surface area contributed by atoms with Gasteiger partial charge in [0.25, 0.3) is 5.91 Å². The number of anilines is 2. The second kappa shape index (κ2) is 11.7. The molecule has 0 aliphatic carbocycles. The first kappa shape index (κ1) is 25.2. The standard InChI is InChI=1S/C25H32N6O5/c26-20-15-18(24(34)28-21(16-23(32)33)19-3-1-6-27-17-19)4-5-22(20)29-7-2-8-30(10-9-29)25(35)31-11-13-36-14-12-31/h1,3-6,15,17,21H,2,7-14,16,26H2,(H,28,34)(H,32,33). The molecular weight excluding hydrogens is 464 g/mol. The van der Waals surface area contributed by atoms with E-state index in [0.717, 1.165) is 18.7 Å². The number of nitrogens with two attached hydrogens (primary N) is 1. The number of urea groups is 1. The van der Waals surface area contributed by atoms with E-state index in [9.17, 15) is 19.5 Å². The fourth-order valence-electron chi connectivity index (χ4n) is 4.54. The number of carboxylic acid groups (broad SMARTS) is 1. The summed E-state index contributed by atoms with van der Waals surface area (Å²) in [5, 5.41) is 12.1. The van der Waals surface area contributed by atoms with Crippen LogP contribution in [0.2, 0.25) is 0 Å². The van der Waals surface area contributed by atoms with Crippen LogP contribution in [0.4, 0.5) is 16.2 Å². The number of benzene rings is 1. The summed E-state index contributed by atoms with van der Waals surface area (Å²) in [4.78, 5) is 47.0. The molecule has 1 atom stereocenters. The summed E-state index contributed by atoms with van der Waals surface area (Å²) in [6.07, 6.45) is 3.67. The van der Waals surface area contributed by atoms with E-state index in [-0.39, 0.29) is 12.5 Å². The highest BCUT2D eigenvalue weighted by atomic mass is 16.5. The number of hydrogen-bond acceptors (Lipinski definition) is 7. The van der Waals surface area contributed by atoms with Crippen LogP contribution >= 0.6 is 0 Å². The largest absolute Gasteiger partial charge is 0.481 e. The summed E-state index contributed by atoms with van der Waals surface area (Å²) >= 11 is 0. The number of rotatable bonds is 6. The predicted octanol–water partition coefficient (Wildman–Crippen LogP) is 1.57. The first-order chi connectivity index (χ1) is 17.4. The van der Waals surface area contributed by atoms with Crippen LogP contribution in [0.3, 0.4) is 0 Å². The third-order valence-electron chi connectivity index (χ3n) is 6.45. The van der Waals surface area contributed by atoms with E-state index in [1.54, 1.807) is 36.5 Å². The van der Waals surface area contributed by atoms with Crippen LogP contribution in [0.1, 0.15) is 34.8 Å². The van der Waals surface area contributed by atoms with Crippen molar-refractivity contribution < 1.29 is 24.2 Å². The Balaban J connectivity index is 1.40. The molecule has 4 N–H and O–H groups in total. The number of carbonyl (C=O) groups is 3. The van der Waals surface area contributed by atoms with Crippen LogP contribution in [0.15, 0.2) is 42.7 Å². The maximum absolute atomic E-state index is 12.9. The van der Waals surface area contributed by atoms with Gasteiger partial charge in [-0.1, -0.05) is 6.07 Å². The van der Waals surface area contributed by atoms with Crippen LogP contribution in [0.5, 0.6) is 0 Å². The molecule has 3 heterocycles. The molecule has 0 saturated carbocycles. The van der Waals surface area contributed by atoms with Crippen molar-refractivity contribution in [2.24, 2.45) is 0 Å². The Morgan fingerprint density at radius 3 is 2.53 bits per heavy atom. The molecule has 0 spiro atoms. The van der Waals surface area contributed by atoms with Crippen molar-refractivity contribution in [1.29, 1.82) is 0 Å². The fraction of sp³-hybridized carbons (Fsp3) is 0.440. The Bertz CT molecular complexity index is 1080. The Labute approximate surface area is 209 Å². The lowest BCUT2D eigenvalue weighted by atomic mass is 10.0. The van der Waals surface area contributed by atoms with Gasteiger partial charge in [0.05, 0.1) is 37.1 Å². The molecule has 2 aliphatic rings. The zero-order valence-corrected chi connectivity index (χ0v) is 20.1. The lowest BCUT2D eigenvalue weighted by Gasteiger charge is -2.32. The van der Waals surface area contributed by atoms with Gasteiger partial charge in [-0.3, -0.25) is 14.6 Å². The number of nitrogens with zero attached hydrogens (tertiary/aromatic N) is 4. The van der Waals surface area contributed by atoms with Crippen LogP contribution in [0, 0.1) is 0 Å². The molecule has 0 radical (unpaired) electrons. The van der Waals surface area contributed by atoms with Crippen molar-refractivity contribution in [3.05, 3.63) is 53.9 Å². The normalized spacial score (nSPS) is 17.3. The predicted molar refractivity (Wildman–Crippen MR) is 134 cm³/mol. The monoisotopic (exact) mass is 496 g/mol. The van der Waals surface area contributed by atoms with Gasteiger partial charge in [0.2, 0.25) is 0 Å². The molecule has 0 bridgehead atoms.